The number of anilines is 1. The van der Waals surface area contributed by atoms with Crippen molar-refractivity contribution in [1.82, 2.24) is 14.1 Å². The Morgan fingerprint density at radius 1 is 1.13 bits per heavy atom. The number of alkyl halides is 1. The van der Waals surface area contributed by atoms with Crippen molar-refractivity contribution in [1.29, 1.82) is 0 Å². The number of carbonyl (C=O) groups is 1. The van der Waals surface area contributed by atoms with Gasteiger partial charge in [0.15, 0.2) is 0 Å². The lowest BCUT2D eigenvalue weighted by Crippen LogP contribution is -2.53. The van der Waals surface area contributed by atoms with Gasteiger partial charge in [-0.05, 0) is 78.9 Å². The van der Waals surface area contributed by atoms with E-state index in [0.717, 1.165) is 16.8 Å². The Labute approximate surface area is 225 Å². The molecule has 0 bridgehead atoms. The lowest BCUT2D eigenvalue weighted by molar-refractivity contribution is -0.151. The Hall–Kier alpha value is -3.57. The number of sulfonamides is 1. The molecular weight excluding hydrogens is 526 g/mol. The fourth-order valence-electron chi connectivity index (χ4n) is 5.92. The summed E-state index contributed by atoms with van der Waals surface area (Å²) in [6, 6.07) is 12.5. The summed E-state index contributed by atoms with van der Waals surface area (Å²) in [5.74, 6) is -0.859. The molecule has 2 aliphatic heterocycles. The number of nitrogens with zero attached hydrogens (tertiary/aromatic N) is 4. The van der Waals surface area contributed by atoms with Crippen LogP contribution in [-0.4, -0.2) is 67.9 Å². The van der Waals surface area contributed by atoms with Gasteiger partial charge < -0.3 is 9.64 Å². The van der Waals surface area contributed by atoms with Crippen molar-refractivity contribution < 1.29 is 26.7 Å². The van der Waals surface area contributed by atoms with Crippen molar-refractivity contribution >= 4 is 27.8 Å². The van der Waals surface area contributed by atoms with Gasteiger partial charge in [0.25, 0.3) is 0 Å². The Balaban J connectivity index is 1.33. The molecule has 2 saturated heterocycles. The van der Waals surface area contributed by atoms with Gasteiger partial charge in [0.2, 0.25) is 10.0 Å². The molecular formula is C28H28F2N4O4S. The van der Waals surface area contributed by atoms with Gasteiger partial charge in [0.05, 0.1) is 29.6 Å². The van der Waals surface area contributed by atoms with E-state index in [2.05, 4.69) is 5.10 Å². The highest BCUT2D eigenvalue weighted by molar-refractivity contribution is 7.89. The third kappa shape index (κ3) is 4.33. The minimum absolute atomic E-state index is 0.0739. The number of carbonyl (C=O) groups excluding carboxylic acids is 1. The number of rotatable bonds is 5. The zero-order valence-electron chi connectivity index (χ0n) is 21.4. The number of esters is 1. The summed E-state index contributed by atoms with van der Waals surface area (Å²) >= 11 is 0. The van der Waals surface area contributed by atoms with Gasteiger partial charge in [0, 0.05) is 31.9 Å². The van der Waals surface area contributed by atoms with E-state index in [1.54, 1.807) is 41.2 Å². The molecule has 0 saturated carbocycles. The fraction of sp³-hybridized carbons (Fsp3) is 0.357. The van der Waals surface area contributed by atoms with Gasteiger partial charge in [-0.1, -0.05) is 6.07 Å². The molecule has 0 radical (unpaired) electrons. The third-order valence-corrected chi connectivity index (χ3v) is 9.82. The normalized spacial score (nSPS) is 23.2. The molecule has 39 heavy (non-hydrogen) atoms. The van der Waals surface area contributed by atoms with Crippen molar-refractivity contribution in [2.24, 2.45) is 5.41 Å². The number of hydrogen-bond donors (Lipinski definition) is 0. The highest BCUT2D eigenvalue weighted by Crippen LogP contribution is 2.46. The molecule has 0 N–H and O–H groups in total. The topological polar surface area (TPSA) is 84.7 Å². The molecule has 0 spiro atoms. The SMILES string of the molecule is COC(=O)C12Cc3cnn(-c4ccc(F)cc4)c3C=C1CCN(S(=O)(=O)c1cccc(N3CCC(F)C3)c1)C2. The maximum Gasteiger partial charge on any atom is 0.317 e. The Kier molecular flexibility index (Phi) is 6.30. The third-order valence-electron chi connectivity index (χ3n) is 7.98. The van der Waals surface area contributed by atoms with Crippen LogP contribution in [-0.2, 0) is 26.0 Å². The monoisotopic (exact) mass is 554 g/mol. The molecule has 2 unspecified atom stereocenters. The lowest BCUT2D eigenvalue weighted by atomic mass is 9.69. The van der Waals surface area contributed by atoms with Crippen LogP contribution in [0.1, 0.15) is 24.1 Å². The summed E-state index contributed by atoms with van der Waals surface area (Å²) in [6.07, 6.45) is 3.58. The quantitative estimate of drug-likeness (QED) is 0.447. The summed E-state index contributed by atoms with van der Waals surface area (Å²) in [5.41, 5.74) is 2.46. The molecule has 8 nitrogen and oxygen atoms in total. The zero-order valence-corrected chi connectivity index (χ0v) is 22.2. The maximum atomic E-state index is 13.8. The number of methoxy groups -OCH3 is 1. The van der Waals surface area contributed by atoms with E-state index in [1.807, 2.05) is 11.0 Å². The fourth-order valence-corrected chi connectivity index (χ4v) is 7.46. The highest BCUT2D eigenvalue weighted by Gasteiger charge is 2.51. The van der Waals surface area contributed by atoms with Crippen molar-refractivity contribution in [3.63, 3.8) is 0 Å². The molecule has 3 aliphatic rings. The number of hydrogen-bond acceptors (Lipinski definition) is 6. The van der Waals surface area contributed by atoms with Crippen LogP contribution in [0.3, 0.4) is 0 Å². The summed E-state index contributed by atoms with van der Waals surface area (Å²) in [4.78, 5) is 15.3. The van der Waals surface area contributed by atoms with Crippen LogP contribution in [0.25, 0.3) is 11.8 Å². The van der Waals surface area contributed by atoms with Gasteiger partial charge in [-0.25, -0.2) is 21.9 Å². The minimum atomic E-state index is -3.96. The summed E-state index contributed by atoms with van der Waals surface area (Å²) < 4.78 is 63.2. The Morgan fingerprint density at radius 2 is 1.92 bits per heavy atom. The van der Waals surface area contributed by atoms with Crippen LogP contribution in [0, 0.1) is 11.2 Å². The van der Waals surface area contributed by atoms with Crippen LogP contribution in [0.5, 0.6) is 0 Å². The first-order chi connectivity index (χ1) is 18.7. The number of aromatic nitrogens is 2. The van der Waals surface area contributed by atoms with Crippen LogP contribution in [0.2, 0.25) is 0 Å². The Morgan fingerprint density at radius 3 is 2.64 bits per heavy atom. The number of fused-ring (bicyclic) bond motifs is 2. The van der Waals surface area contributed by atoms with E-state index in [4.69, 9.17) is 4.74 Å². The van der Waals surface area contributed by atoms with E-state index < -0.39 is 27.6 Å². The van der Waals surface area contributed by atoms with Gasteiger partial charge in [-0.2, -0.15) is 9.40 Å². The summed E-state index contributed by atoms with van der Waals surface area (Å²) in [6.45, 7) is 0.881. The summed E-state index contributed by atoms with van der Waals surface area (Å²) in [5, 5.41) is 4.47. The van der Waals surface area contributed by atoms with Crippen molar-refractivity contribution in [3.05, 3.63) is 77.4 Å². The van der Waals surface area contributed by atoms with E-state index >= 15 is 0 Å². The first-order valence-corrected chi connectivity index (χ1v) is 14.3. The van der Waals surface area contributed by atoms with E-state index in [0.29, 0.717) is 30.8 Å². The molecule has 204 valence electrons. The maximum absolute atomic E-state index is 13.8. The molecule has 2 fully saturated rings. The van der Waals surface area contributed by atoms with E-state index in [-0.39, 0.29) is 36.8 Å². The predicted molar refractivity (Wildman–Crippen MR) is 141 cm³/mol. The smallest absolute Gasteiger partial charge is 0.317 e. The van der Waals surface area contributed by atoms with Crippen molar-refractivity contribution in [3.8, 4) is 5.69 Å². The van der Waals surface area contributed by atoms with E-state index in [9.17, 15) is 22.0 Å². The molecule has 2 aromatic carbocycles. The first kappa shape index (κ1) is 25.7. The standard InChI is InChI=1S/C28H28F2N4O4S/c1-38-27(35)28-15-19-16-31-34(23-7-5-21(29)6-8-23)26(19)13-20(28)9-12-33(18-28)39(36,37)25-4-2-3-24(14-25)32-11-10-22(30)17-32/h2-8,13-14,16,22H,9-12,15,17-18H2,1H3. The summed E-state index contributed by atoms with van der Waals surface area (Å²) in [7, 11) is -2.65. The van der Waals surface area contributed by atoms with Crippen LogP contribution in [0.4, 0.5) is 14.5 Å². The second-order valence-electron chi connectivity index (χ2n) is 10.3. The molecule has 1 aliphatic carbocycles. The second-order valence-corrected chi connectivity index (χ2v) is 12.2. The number of benzene rings is 2. The zero-order chi connectivity index (χ0) is 27.4. The van der Waals surface area contributed by atoms with E-state index in [1.165, 1.54) is 29.6 Å². The number of ether oxygens (including phenoxy) is 1. The Bertz CT molecular complexity index is 1570. The van der Waals surface area contributed by atoms with Gasteiger partial charge >= 0.3 is 5.97 Å². The first-order valence-electron chi connectivity index (χ1n) is 12.8. The molecule has 3 heterocycles. The average molecular weight is 555 g/mol. The van der Waals surface area contributed by atoms with Gasteiger partial charge in [-0.15, -0.1) is 0 Å². The van der Waals surface area contributed by atoms with Crippen LogP contribution < -0.4 is 4.90 Å². The number of piperidine rings is 1. The number of halogens is 2. The molecule has 0 amide bonds. The minimum Gasteiger partial charge on any atom is -0.468 e. The molecule has 3 aromatic rings. The van der Waals surface area contributed by atoms with Crippen LogP contribution in [0.15, 0.2) is 65.2 Å². The highest BCUT2D eigenvalue weighted by atomic mass is 32.2. The second kappa shape index (κ2) is 9.56. The van der Waals surface area contributed by atoms with Crippen LogP contribution >= 0.6 is 0 Å². The largest absolute Gasteiger partial charge is 0.468 e. The van der Waals surface area contributed by atoms with Gasteiger partial charge in [0.1, 0.15) is 17.4 Å². The van der Waals surface area contributed by atoms with Crippen molar-refractivity contribution in [2.45, 2.75) is 30.3 Å². The predicted octanol–water partition coefficient (Wildman–Crippen LogP) is 3.75. The molecule has 11 heteroatoms. The average Bonchev–Trinajstić information content (AvgIpc) is 3.57. The molecule has 2 atom stereocenters. The lowest BCUT2D eigenvalue weighted by Gasteiger charge is -2.43. The van der Waals surface area contributed by atoms with Gasteiger partial charge in [-0.3, -0.25) is 4.79 Å². The molecule has 6 rings (SSSR count). The van der Waals surface area contributed by atoms with Crippen molar-refractivity contribution in [2.75, 3.05) is 38.2 Å². The molecule has 1 aromatic heterocycles.